The van der Waals surface area contributed by atoms with Gasteiger partial charge in [0.25, 0.3) is 5.91 Å². The Morgan fingerprint density at radius 2 is 1.81 bits per heavy atom. The van der Waals surface area contributed by atoms with Crippen molar-refractivity contribution < 1.29 is 9.90 Å². The van der Waals surface area contributed by atoms with E-state index in [2.05, 4.69) is 10.3 Å². The highest BCUT2D eigenvalue weighted by molar-refractivity contribution is 6.33. The Kier molecular flexibility index (Phi) is 5.96. The molecule has 2 aromatic carbocycles. The summed E-state index contributed by atoms with van der Waals surface area (Å²) in [4.78, 5) is 17.0. The van der Waals surface area contributed by atoms with Gasteiger partial charge in [0.1, 0.15) is 11.3 Å². The Labute approximate surface area is 162 Å². The Morgan fingerprint density at radius 1 is 1.12 bits per heavy atom. The fourth-order valence-corrected chi connectivity index (χ4v) is 2.86. The summed E-state index contributed by atoms with van der Waals surface area (Å²) < 4.78 is 0. The van der Waals surface area contributed by atoms with Crippen LogP contribution in [0.3, 0.4) is 0 Å². The van der Waals surface area contributed by atoms with Crippen LogP contribution in [0.15, 0.2) is 59.1 Å². The normalized spacial score (nSPS) is 15.5. The van der Waals surface area contributed by atoms with Crippen molar-refractivity contribution in [2.75, 3.05) is 0 Å². The van der Waals surface area contributed by atoms with Crippen molar-refractivity contribution >= 4 is 46.8 Å². The molecule has 0 spiro atoms. The van der Waals surface area contributed by atoms with Gasteiger partial charge in [-0.25, -0.2) is 0 Å². The van der Waals surface area contributed by atoms with Gasteiger partial charge in [0.15, 0.2) is 0 Å². The Hall–Kier alpha value is -2.30. The molecule has 1 aliphatic rings. The van der Waals surface area contributed by atoms with E-state index < -0.39 is 0 Å². The Balaban J connectivity index is 1.95. The molecule has 1 amide bonds. The quantitative estimate of drug-likeness (QED) is 0.412. The molecule has 3 rings (SSSR count). The molecule has 4 nitrogen and oxygen atoms in total. The van der Waals surface area contributed by atoms with Crippen LogP contribution in [0, 0.1) is 0 Å². The maximum atomic E-state index is 12.7. The molecule has 0 atom stereocenters. The number of halogens is 2. The van der Waals surface area contributed by atoms with Gasteiger partial charge < -0.3 is 10.4 Å². The molecule has 26 heavy (non-hydrogen) atoms. The number of nitrogens with one attached hydrogen (secondary N) is 1. The molecule has 0 radical (unpaired) electrons. The summed E-state index contributed by atoms with van der Waals surface area (Å²) in [6, 6.07) is 13.8. The second kappa shape index (κ2) is 8.39. The third kappa shape index (κ3) is 4.45. The number of aliphatic imine (C=N–C) groups is 1. The smallest absolute Gasteiger partial charge is 0.256 e. The molecule has 0 heterocycles. The van der Waals surface area contributed by atoms with Gasteiger partial charge >= 0.3 is 0 Å². The molecule has 134 valence electrons. The monoisotopic (exact) mass is 388 g/mol. The third-order valence-corrected chi connectivity index (χ3v) is 4.82. The van der Waals surface area contributed by atoms with E-state index in [0.29, 0.717) is 21.3 Å². The van der Waals surface area contributed by atoms with Crippen LogP contribution >= 0.6 is 23.2 Å². The molecule has 0 bridgehead atoms. The molecule has 1 saturated carbocycles. The maximum Gasteiger partial charge on any atom is 0.256 e. The number of hydrogen-bond donors (Lipinski definition) is 2. The second-order valence-corrected chi connectivity index (χ2v) is 6.92. The van der Waals surface area contributed by atoms with Gasteiger partial charge in [0, 0.05) is 22.8 Å². The summed E-state index contributed by atoms with van der Waals surface area (Å²) in [7, 11) is 0. The highest BCUT2D eigenvalue weighted by atomic mass is 35.5. The summed E-state index contributed by atoms with van der Waals surface area (Å²) in [5.41, 5.74) is 1.07. The zero-order chi connectivity index (χ0) is 18.5. The molecule has 0 aromatic heterocycles. The van der Waals surface area contributed by atoms with Crippen molar-refractivity contribution in [1.29, 1.82) is 0 Å². The molecule has 2 aromatic rings. The lowest BCUT2D eigenvalue weighted by Gasteiger charge is -2.26. The molecule has 1 fully saturated rings. The molecule has 0 unspecified atom stereocenters. The first-order valence-corrected chi connectivity index (χ1v) is 9.09. The lowest BCUT2D eigenvalue weighted by atomic mass is 9.93. The van der Waals surface area contributed by atoms with E-state index in [4.69, 9.17) is 23.2 Å². The van der Waals surface area contributed by atoms with Gasteiger partial charge in [-0.2, -0.15) is 0 Å². The first kappa shape index (κ1) is 18.5. The van der Waals surface area contributed by atoms with Gasteiger partial charge in [-0.3, -0.25) is 9.79 Å². The maximum absolute atomic E-state index is 12.7. The predicted octanol–water partition coefficient (Wildman–Crippen LogP) is 5.33. The van der Waals surface area contributed by atoms with Crippen molar-refractivity contribution in [2.45, 2.75) is 25.3 Å². The van der Waals surface area contributed by atoms with Crippen LogP contribution in [0.25, 0.3) is 5.76 Å². The number of carbonyl (C=O) groups is 1. The van der Waals surface area contributed by atoms with Gasteiger partial charge in [0.2, 0.25) is 0 Å². The highest BCUT2D eigenvalue weighted by Gasteiger charge is 2.23. The van der Waals surface area contributed by atoms with E-state index in [9.17, 15) is 9.90 Å². The summed E-state index contributed by atoms with van der Waals surface area (Å²) in [5, 5.41) is 14.6. The van der Waals surface area contributed by atoms with E-state index in [-0.39, 0.29) is 23.3 Å². The summed E-state index contributed by atoms with van der Waals surface area (Å²) in [6.45, 7) is 0. The topological polar surface area (TPSA) is 61.7 Å². The average Bonchev–Trinajstić information content (AvgIpc) is 2.60. The zero-order valence-electron chi connectivity index (χ0n) is 14.0. The first-order valence-electron chi connectivity index (χ1n) is 8.33. The number of nitrogens with zero attached hydrogens (tertiary/aromatic N) is 1. The number of carbonyl (C=O) groups excluding carboxylic acids is 1. The number of rotatable bonds is 5. The first-order chi connectivity index (χ1) is 12.5. The predicted molar refractivity (Wildman–Crippen MR) is 106 cm³/mol. The van der Waals surface area contributed by atoms with E-state index >= 15 is 0 Å². The summed E-state index contributed by atoms with van der Waals surface area (Å²) in [6.07, 6.45) is 4.34. The molecule has 6 heteroatoms. The minimum Gasteiger partial charge on any atom is -0.506 e. The van der Waals surface area contributed by atoms with E-state index in [0.717, 1.165) is 19.3 Å². The minimum atomic E-state index is -0.371. The van der Waals surface area contributed by atoms with Gasteiger partial charge in [-0.05, 0) is 55.7 Å². The second-order valence-electron chi connectivity index (χ2n) is 6.08. The van der Waals surface area contributed by atoms with Crippen LogP contribution in [-0.4, -0.2) is 23.3 Å². The molecule has 1 aliphatic carbocycles. The van der Waals surface area contributed by atoms with E-state index in [1.807, 2.05) is 0 Å². The van der Waals surface area contributed by atoms with Crippen molar-refractivity contribution in [3.8, 4) is 0 Å². The van der Waals surface area contributed by atoms with Gasteiger partial charge in [-0.1, -0.05) is 35.3 Å². The van der Waals surface area contributed by atoms with Crippen LogP contribution in [0.5, 0.6) is 0 Å². The SMILES string of the molecule is O=C(NC1CCC1)/C(C=Nc1ccc(Cl)cc1)=C(\O)c1ccccc1Cl. The summed E-state index contributed by atoms with van der Waals surface area (Å²) in [5.74, 6) is -0.574. The average molecular weight is 389 g/mol. The van der Waals surface area contributed by atoms with Crippen molar-refractivity contribution in [1.82, 2.24) is 5.32 Å². The fourth-order valence-electron chi connectivity index (χ4n) is 2.51. The number of hydrogen-bond acceptors (Lipinski definition) is 3. The van der Waals surface area contributed by atoms with Crippen LogP contribution < -0.4 is 5.32 Å². The van der Waals surface area contributed by atoms with Crippen LogP contribution in [-0.2, 0) is 4.79 Å². The lowest BCUT2D eigenvalue weighted by molar-refractivity contribution is -0.118. The third-order valence-electron chi connectivity index (χ3n) is 4.24. The largest absolute Gasteiger partial charge is 0.506 e. The number of aliphatic hydroxyl groups excluding tert-OH is 1. The Bertz CT molecular complexity index is 856. The molecular formula is C20H18Cl2N2O2. The standard InChI is InChI=1S/C20H18Cl2N2O2/c21-13-8-10-14(11-9-13)23-12-17(20(26)24-15-4-3-5-15)19(25)16-6-1-2-7-18(16)22/h1-2,6-12,15,25H,3-5H2,(H,24,26)/b19-17-,23-12?. The van der Waals surface area contributed by atoms with Crippen molar-refractivity contribution in [3.05, 3.63) is 69.7 Å². The minimum absolute atomic E-state index is 0.0694. The van der Waals surface area contributed by atoms with E-state index in [1.165, 1.54) is 6.21 Å². The lowest BCUT2D eigenvalue weighted by Crippen LogP contribution is -2.40. The van der Waals surface area contributed by atoms with Crippen LogP contribution in [0.1, 0.15) is 24.8 Å². The molecule has 2 N–H and O–H groups in total. The van der Waals surface area contributed by atoms with Crippen molar-refractivity contribution in [2.24, 2.45) is 4.99 Å². The molecular weight excluding hydrogens is 371 g/mol. The number of aliphatic hydroxyl groups is 1. The number of benzene rings is 2. The fraction of sp³-hybridized carbons (Fsp3) is 0.200. The van der Waals surface area contributed by atoms with E-state index in [1.54, 1.807) is 48.5 Å². The van der Waals surface area contributed by atoms with Crippen LogP contribution in [0.4, 0.5) is 5.69 Å². The highest BCUT2D eigenvalue weighted by Crippen LogP contribution is 2.25. The molecule has 0 saturated heterocycles. The van der Waals surface area contributed by atoms with Crippen molar-refractivity contribution in [3.63, 3.8) is 0 Å². The zero-order valence-corrected chi connectivity index (χ0v) is 15.5. The van der Waals surface area contributed by atoms with Crippen LogP contribution in [0.2, 0.25) is 10.0 Å². The summed E-state index contributed by atoms with van der Waals surface area (Å²) >= 11 is 12.0. The van der Waals surface area contributed by atoms with Gasteiger partial charge in [0.05, 0.1) is 10.7 Å². The number of amides is 1. The Morgan fingerprint density at radius 3 is 2.42 bits per heavy atom. The van der Waals surface area contributed by atoms with Gasteiger partial charge in [-0.15, -0.1) is 0 Å². The molecule has 0 aliphatic heterocycles.